The molecule has 0 spiro atoms. The number of nitrogens with one attached hydrogen (secondary N) is 2. The van der Waals surface area contributed by atoms with Gasteiger partial charge in [0.1, 0.15) is 9.71 Å². The summed E-state index contributed by atoms with van der Waals surface area (Å²) in [5.74, 6) is -0.0964. The van der Waals surface area contributed by atoms with Crippen molar-refractivity contribution >= 4 is 38.8 Å². The van der Waals surface area contributed by atoms with Gasteiger partial charge in [0.25, 0.3) is 5.91 Å². The second kappa shape index (κ2) is 9.29. The van der Waals surface area contributed by atoms with E-state index in [0.717, 1.165) is 61.4 Å². The van der Waals surface area contributed by atoms with E-state index in [1.165, 1.54) is 28.2 Å². The fraction of sp³-hybridized carbons (Fsp3) is 0.440. The van der Waals surface area contributed by atoms with Gasteiger partial charge in [-0.15, -0.1) is 11.3 Å². The van der Waals surface area contributed by atoms with Crippen molar-refractivity contribution in [3.05, 3.63) is 52.0 Å². The number of benzene rings is 1. The minimum absolute atomic E-state index is 0.0964. The number of thiophene rings is 1. The van der Waals surface area contributed by atoms with Gasteiger partial charge in [-0.3, -0.25) is 4.79 Å². The molecule has 174 valence electrons. The fourth-order valence-corrected chi connectivity index (χ4v) is 5.88. The quantitative estimate of drug-likeness (QED) is 0.549. The van der Waals surface area contributed by atoms with E-state index >= 15 is 0 Å². The van der Waals surface area contributed by atoms with Crippen LogP contribution in [-0.4, -0.2) is 56.3 Å². The van der Waals surface area contributed by atoms with Crippen LogP contribution in [0.1, 0.15) is 32.9 Å². The lowest BCUT2D eigenvalue weighted by Gasteiger charge is -2.29. The van der Waals surface area contributed by atoms with Crippen LogP contribution in [0.3, 0.4) is 0 Å². The number of aromatic nitrogens is 1. The van der Waals surface area contributed by atoms with Gasteiger partial charge in [0, 0.05) is 56.1 Å². The van der Waals surface area contributed by atoms with Crippen LogP contribution in [0.2, 0.25) is 0 Å². The number of rotatable bonds is 4. The van der Waals surface area contributed by atoms with Crippen LogP contribution in [0.5, 0.6) is 0 Å². The number of carbonyl (C=O) groups is 1. The number of pyridine rings is 1. The topological polar surface area (TPSA) is 92.5 Å². The molecular weight excluding hydrogens is 434 g/mol. The van der Waals surface area contributed by atoms with Crippen molar-refractivity contribution in [3.63, 3.8) is 0 Å². The maximum atomic E-state index is 13.0. The number of nitrogen functional groups attached to an aromatic ring is 1. The predicted molar refractivity (Wildman–Crippen MR) is 134 cm³/mol. The van der Waals surface area contributed by atoms with Crippen molar-refractivity contribution in [1.29, 1.82) is 0 Å². The minimum atomic E-state index is -0.0964. The molecule has 2 atom stereocenters. The number of hydrogen-bond acceptors (Lipinski definition) is 7. The van der Waals surface area contributed by atoms with Crippen molar-refractivity contribution in [2.45, 2.75) is 38.3 Å². The fourth-order valence-electron chi connectivity index (χ4n) is 4.84. The molecule has 8 heteroatoms. The molecule has 5 rings (SSSR count). The van der Waals surface area contributed by atoms with E-state index in [9.17, 15) is 4.79 Å². The number of aryl methyl sites for hydroxylation is 2. The van der Waals surface area contributed by atoms with E-state index in [4.69, 9.17) is 10.5 Å². The summed E-state index contributed by atoms with van der Waals surface area (Å²) in [6.07, 6.45) is 2.91. The van der Waals surface area contributed by atoms with Crippen molar-refractivity contribution in [2.24, 2.45) is 0 Å². The summed E-state index contributed by atoms with van der Waals surface area (Å²) in [5, 5.41) is 7.52. The largest absolute Gasteiger partial charge is 0.397 e. The van der Waals surface area contributed by atoms with Gasteiger partial charge in [0.15, 0.2) is 0 Å². The Morgan fingerprint density at radius 3 is 3.03 bits per heavy atom. The van der Waals surface area contributed by atoms with Crippen molar-refractivity contribution in [3.8, 4) is 0 Å². The summed E-state index contributed by atoms with van der Waals surface area (Å²) >= 11 is 1.37. The van der Waals surface area contributed by atoms with E-state index in [0.29, 0.717) is 10.6 Å². The Balaban J connectivity index is 1.28. The number of fused-ring (bicyclic) bond motifs is 2. The predicted octanol–water partition coefficient (Wildman–Crippen LogP) is 2.90. The number of carbonyl (C=O) groups excluding carboxylic acids is 1. The van der Waals surface area contributed by atoms with Crippen LogP contribution in [-0.2, 0) is 17.6 Å². The average Bonchev–Trinajstić information content (AvgIpc) is 2.98. The molecule has 1 amide bonds. The zero-order chi connectivity index (χ0) is 22.9. The molecule has 0 radical (unpaired) electrons. The molecule has 1 unspecified atom stereocenters. The van der Waals surface area contributed by atoms with Crippen molar-refractivity contribution in [1.82, 2.24) is 15.6 Å². The summed E-state index contributed by atoms with van der Waals surface area (Å²) in [7, 11) is 1.78. The Bertz CT molecular complexity index is 1180. The SMILES string of the molecule is COC1CNCCN(c2ccc3c(c2)CC[C@H](NC(=O)c2sc4nc(C)ccc4c2N)C3)C1. The van der Waals surface area contributed by atoms with Gasteiger partial charge >= 0.3 is 0 Å². The number of hydrogen-bond donors (Lipinski definition) is 3. The number of methoxy groups -OCH3 is 1. The molecule has 7 nitrogen and oxygen atoms in total. The van der Waals surface area contributed by atoms with Gasteiger partial charge in [0.2, 0.25) is 0 Å². The van der Waals surface area contributed by atoms with Gasteiger partial charge in [-0.05, 0) is 61.6 Å². The van der Waals surface area contributed by atoms with Crippen LogP contribution in [0.4, 0.5) is 11.4 Å². The summed E-state index contributed by atoms with van der Waals surface area (Å²) in [4.78, 5) is 21.3. The Hall–Kier alpha value is -2.68. The molecule has 1 aromatic carbocycles. The van der Waals surface area contributed by atoms with Crippen LogP contribution < -0.4 is 21.3 Å². The molecule has 2 aliphatic rings. The molecular formula is C25H31N5O2S. The summed E-state index contributed by atoms with van der Waals surface area (Å²) in [6, 6.07) is 10.7. The summed E-state index contributed by atoms with van der Waals surface area (Å²) in [5.41, 5.74) is 11.7. The summed E-state index contributed by atoms with van der Waals surface area (Å²) < 4.78 is 5.60. The molecule has 2 aromatic heterocycles. The molecule has 1 saturated heterocycles. The van der Waals surface area contributed by atoms with Crippen LogP contribution in [0, 0.1) is 6.92 Å². The molecule has 1 aliphatic carbocycles. The number of nitrogens with zero attached hydrogens (tertiary/aromatic N) is 2. The average molecular weight is 466 g/mol. The first-order valence-electron chi connectivity index (χ1n) is 11.6. The molecule has 1 aliphatic heterocycles. The van der Waals surface area contributed by atoms with E-state index in [1.54, 1.807) is 7.11 Å². The maximum absolute atomic E-state index is 13.0. The van der Waals surface area contributed by atoms with Gasteiger partial charge in [-0.2, -0.15) is 0 Å². The van der Waals surface area contributed by atoms with Crippen LogP contribution in [0.25, 0.3) is 10.2 Å². The monoisotopic (exact) mass is 465 g/mol. The minimum Gasteiger partial charge on any atom is -0.397 e. The Morgan fingerprint density at radius 2 is 2.18 bits per heavy atom. The van der Waals surface area contributed by atoms with Crippen LogP contribution >= 0.6 is 11.3 Å². The number of ether oxygens (including phenoxy) is 1. The molecule has 33 heavy (non-hydrogen) atoms. The highest BCUT2D eigenvalue weighted by Crippen LogP contribution is 2.33. The third-order valence-corrected chi connectivity index (χ3v) is 7.86. The summed E-state index contributed by atoms with van der Waals surface area (Å²) in [6.45, 7) is 5.66. The highest BCUT2D eigenvalue weighted by molar-refractivity contribution is 7.21. The van der Waals surface area contributed by atoms with Gasteiger partial charge < -0.3 is 26.0 Å². The molecule has 3 aromatic rings. The first-order valence-corrected chi connectivity index (χ1v) is 12.4. The zero-order valence-corrected chi connectivity index (χ0v) is 20.0. The van der Waals surface area contributed by atoms with E-state index < -0.39 is 0 Å². The Morgan fingerprint density at radius 1 is 1.30 bits per heavy atom. The Kier molecular flexibility index (Phi) is 6.23. The lowest BCUT2D eigenvalue weighted by molar-refractivity contribution is 0.0938. The van der Waals surface area contributed by atoms with E-state index in [1.807, 2.05) is 19.1 Å². The second-order valence-corrected chi connectivity index (χ2v) is 10.0. The van der Waals surface area contributed by atoms with Gasteiger partial charge in [-0.1, -0.05) is 6.07 Å². The first kappa shape index (κ1) is 22.1. The maximum Gasteiger partial charge on any atom is 0.263 e. The normalized spacial score (nSPS) is 21.0. The van der Waals surface area contributed by atoms with Crippen molar-refractivity contribution in [2.75, 3.05) is 43.9 Å². The third kappa shape index (κ3) is 4.55. The van der Waals surface area contributed by atoms with E-state index in [-0.39, 0.29) is 18.1 Å². The highest BCUT2D eigenvalue weighted by atomic mass is 32.1. The lowest BCUT2D eigenvalue weighted by Crippen LogP contribution is -2.39. The highest BCUT2D eigenvalue weighted by Gasteiger charge is 2.25. The number of amides is 1. The van der Waals surface area contributed by atoms with Crippen molar-refractivity contribution < 1.29 is 9.53 Å². The molecule has 4 N–H and O–H groups in total. The third-order valence-electron chi connectivity index (χ3n) is 6.75. The molecule has 0 saturated carbocycles. The number of nitrogens with two attached hydrogens (primary N) is 1. The van der Waals surface area contributed by atoms with E-state index in [2.05, 4.69) is 38.7 Å². The Labute approximate surface area is 198 Å². The second-order valence-electron chi connectivity index (χ2n) is 9.02. The molecule has 3 heterocycles. The molecule has 0 bridgehead atoms. The molecule has 1 fully saturated rings. The van der Waals surface area contributed by atoms with Gasteiger partial charge in [-0.25, -0.2) is 4.98 Å². The lowest BCUT2D eigenvalue weighted by atomic mass is 9.87. The zero-order valence-electron chi connectivity index (χ0n) is 19.2. The van der Waals surface area contributed by atoms with Gasteiger partial charge in [0.05, 0.1) is 11.8 Å². The smallest absolute Gasteiger partial charge is 0.263 e. The van der Waals surface area contributed by atoms with Crippen LogP contribution in [0.15, 0.2) is 30.3 Å². The number of anilines is 2. The first-order chi connectivity index (χ1) is 16.0. The standard InChI is InChI=1S/C25H31N5O2S/c1-15-3-8-21-22(26)23(33-25(21)28-15)24(31)29-18-6-4-17-12-19(7-5-16(17)11-18)30-10-9-27-13-20(14-30)32-2/h3,5,7-8,12,18,20,27H,4,6,9-11,13-14,26H2,1-2H3,(H,29,31)/t18-,20?/m0/s1.